The summed E-state index contributed by atoms with van der Waals surface area (Å²) >= 11 is 0. The number of hydrogen-bond donors (Lipinski definition) is 0. The lowest BCUT2D eigenvalue weighted by Gasteiger charge is -2.18. The lowest BCUT2D eigenvalue weighted by molar-refractivity contribution is 0.0383. The zero-order valence-electron chi connectivity index (χ0n) is 13.2. The molecule has 8 heteroatoms. The van der Waals surface area contributed by atoms with Crippen molar-refractivity contribution in [2.24, 2.45) is 11.8 Å². The Morgan fingerprint density at radius 3 is 2.64 bits per heavy atom. The van der Waals surface area contributed by atoms with Crippen molar-refractivity contribution in [3.05, 3.63) is 41.7 Å². The number of fused-ring (bicyclic) bond motifs is 1. The molecule has 134 valence electrons. The van der Waals surface area contributed by atoms with Gasteiger partial charge in [0.25, 0.3) is 5.92 Å². The summed E-state index contributed by atoms with van der Waals surface area (Å²) in [6.45, 7) is 2.00. The minimum atomic E-state index is -2.46. The van der Waals surface area contributed by atoms with Gasteiger partial charge in [-0.15, -0.1) is 0 Å². The number of halogens is 4. The maximum Gasteiger partial charge on any atom is 0.257 e. The first-order valence-electron chi connectivity index (χ1n) is 8.04. The van der Waals surface area contributed by atoms with Gasteiger partial charge in [0.05, 0.1) is 6.61 Å². The SMILES string of the molecule is Fc1ccc(-c2cc(COCCN3CC4C(C3)C4(F)F)on2)cc1F. The van der Waals surface area contributed by atoms with Crippen LogP contribution in [0.3, 0.4) is 0 Å². The highest BCUT2D eigenvalue weighted by Gasteiger charge is 2.71. The van der Waals surface area contributed by atoms with Crippen molar-refractivity contribution in [2.45, 2.75) is 12.5 Å². The van der Waals surface area contributed by atoms with Gasteiger partial charge < -0.3 is 14.2 Å². The smallest absolute Gasteiger partial charge is 0.257 e. The summed E-state index contributed by atoms with van der Waals surface area (Å²) < 4.78 is 62.9. The van der Waals surface area contributed by atoms with Crippen LogP contribution in [0.1, 0.15) is 5.76 Å². The molecule has 2 aromatic rings. The molecule has 0 spiro atoms. The van der Waals surface area contributed by atoms with E-state index in [1.807, 2.05) is 4.90 Å². The first-order chi connectivity index (χ1) is 11.9. The Labute approximate surface area is 141 Å². The average Bonchev–Trinajstić information content (AvgIpc) is 3.03. The molecule has 1 aromatic carbocycles. The van der Waals surface area contributed by atoms with Crippen molar-refractivity contribution in [3.63, 3.8) is 0 Å². The van der Waals surface area contributed by atoms with Crippen LogP contribution < -0.4 is 0 Å². The van der Waals surface area contributed by atoms with E-state index >= 15 is 0 Å². The molecule has 1 aliphatic carbocycles. The minimum Gasteiger partial charge on any atom is -0.372 e. The molecule has 1 saturated heterocycles. The van der Waals surface area contributed by atoms with Gasteiger partial charge in [0.2, 0.25) is 0 Å². The summed E-state index contributed by atoms with van der Waals surface area (Å²) in [5, 5.41) is 3.81. The third-order valence-electron chi connectivity index (χ3n) is 4.85. The van der Waals surface area contributed by atoms with Crippen LogP contribution in [-0.2, 0) is 11.3 Å². The van der Waals surface area contributed by atoms with E-state index in [2.05, 4.69) is 5.16 Å². The fraction of sp³-hybridized carbons (Fsp3) is 0.471. The topological polar surface area (TPSA) is 38.5 Å². The third-order valence-corrected chi connectivity index (χ3v) is 4.85. The molecular formula is C17H16F4N2O2. The van der Waals surface area contributed by atoms with Gasteiger partial charge in [-0.05, 0) is 18.2 Å². The summed E-state index contributed by atoms with van der Waals surface area (Å²) in [6, 6.07) is 5.08. The Bertz CT molecular complexity index is 766. The zero-order chi connectivity index (χ0) is 17.6. The Morgan fingerprint density at radius 1 is 1.16 bits per heavy atom. The summed E-state index contributed by atoms with van der Waals surface area (Å²) in [4.78, 5) is 1.97. The van der Waals surface area contributed by atoms with Gasteiger partial charge in [-0.25, -0.2) is 17.6 Å². The normalized spacial score (nSPS) is 24.5. The van der Waals surface area contributed by atoms with Crippen LogP contribution in [-0.4, -0.2) is 42.2 Å². The molecule has 2 fully saturated rings. The molecule has 0 N–H and O–H groups in total. The number of ether oxygens (including phenoxy) is 1. The lowest BCUT2D eigenvalue weighted by Crippen LogP contribution is -2.30. The number of piperidine rings is 1. The second kappa shape index (κ2) is 6.10. The minimum absolute atomic E-state index is 0.174. The van der Waals surface area contributed by atoms with Gasteiger partial charge in [0.15, 0.2) is 17.4 Å². The number of alkyl halides is 2. The van der Waals surface area contributed by atoms with Gasteiger partial charge in [0.1, 0.15) is 12.3 Å². The fourth-order valence-corrected chi connectivity index (χ4v) is 3.31. The van der Waals surface area contributed by atoms with Crippen molar-refractivity contribution >= 4 is 0 Å². The van der Waals surface area contributed by atoms with E-state index < -0.39 is 29.4 Å². The lowest BCUT2D eigenvalue weighted by atomic mass is 10.1. The molecule has 25 heavy (non-hydrogen) atoms. The highest BCUT2D eigenvalue weighted by atomic mass is 19.3. The Balaban J connectivity index is 1.23. The number of nitrogens with zero attached hydrogens (tertiary/aromatic N) is 2. The highest BCUT2D eigenvalue weighted by molar-refractivity contribution is 5.58. The molecule has 0 bridgehead atoms. The fourth-order valence-electron chi connectivity index (χ4n) is 3.31. The first-order valence-corrected chi connectivity index (χ1v) is 8.04. The van der Waals surface area contributed by atoms with E-state index in [-0.39, 0.29) is 6.61 Å². The molecule has 4 nitrogen and oxygen atoms in total. The second-order valence-electron chi connectivity index (χ2n) is 6.51. The summed E-state index contributed by atoms with van der Waals surface area (Å²) in [7, 11) is 0. The van der Waals surface area contributed by atoms with Gasteiger partial charge in [-0.2, -0.15) is 0 Å². The molecular weight excluding hydrogens is 340 g/mol. The standard InChI is InChI=1S/C17H16F4N2O2/c18-14-2-1-10(5-15(14)19)16-6-11(25-22-16)9-24-4-3-23-7-12-13(8-23)17(12,20)21/h1-2,5-6,12-13H,3-4,7-9H2. The van der Waals surface area contributed by atoms with Crippen LogP contribution >= 0.6 is 0 Å². The van der Waals surface area contributed by atoms with E-state index in [4.69, 9.17) is 9.26 Å². The monoisotopic (exact) mass is 356 g/mol. The predicted molar refractivity (Wildman–Crippen MR) is 79.9 cm³/mol. The Morgan fingerprint density at radius 2 is 1.92 bits per heavy atom. The first kappa shape index (κ1) is 16.5. The molecule has 0 amide bonds. The number of hydrogen-bond acceptors (Lipinski definition) is 4. The molecule has 2 atom stereocenters. The van der Waals surface area contributed by atoms with E-state index in [9.17, 15) is 17.6 Å². The third kappa shape index (κ3) is 3.16. The molecule has 1 saturated carbocycles. The van der Waals surface area contributed by atoms with E-state index in [0.717, 1.165) is 12.1 Å². The number of aromatic nitrogens is 1. The molecule has 1 aliphatic heterocycles. The Kier molecular flexibility index (Phi) is 4.04. The molecule has 1 aromatic heterocycles. The van der Waals surface area contributed by atoms with Crippen molar-refractivity contribution in [1.82, 2.24) is 10.1 Å². The van der Waals surface area contributed by atoms with Gasteiger partial charge in [0, 0.05) is 43.1 Å². The number of benzene rings is 1. The number of rotatable bonds is 6. The van der Waals surface area contributed by atoms with Gasteiger partial charge in [-0.3, -0.25) is 0 Å². The van der Waals surface area contributed by atoms with Crippen LogP contribution in [0.25, 0.3) is 11.3 Å². The number of likely N-dealkylation sites (tertiary alicyclic amines) is 1. The quantitative estimate of drug-likeness (QED) is 0.588. The Hall–Kier alpha value is -1.93. The highest BCUT2D eigenvalue weighted by Crippen LogP contribution is 2.59. The predicted octanol–water partition coefficient (Wildman–Crippen LogP) is 3.33. The maximum absolute atomic E-state index is 13.2. The molecule has 0 radical (unpaired) electrons. The molecule has 2 aliphatic rings. The summed E-state index contributed by atoms with van der Waals surface area (Å²) in [6.07, 6.45) is 0. The van der Waals surface area contributed by atoms with Crippen molar-refractivity contribution in [1.29, 1.82) is 0 Å². The summed E-state index contributed by atoms with van der Waals surface area (Å²) in [5.41, 5.74) is 0.797. The van der Waals surface area contributed by atoms with Crippen molar-refractivity contribution in [2.75, 3.05) is 26.2 Å². The van der Waals surface area contributed by atoms with Gasteiger partial charge in [-0.1, -0.05) is 5.16 Å². The van der Waals surface area contributed by atoms with Crippen LogP contribution in [0, 0.1) is 23.5 Å². The van der Waals surface area contributed by atoms with Crippen LogP contribution in [0.4, 0.5) is 17.6 Å². The summed E-state index contributed by atoms with van der Waals surface area (Å²) in [5.74, 6) is -4.86. The second-order valence-corrected chi connectivity index (χ2v) is 6.51. The largest absolute Gasteiger partial charge is 0.372 e. The van der Waals surface area contributed by atoms with E-state index in [1.165, 1.54) is 6.07 Å². The van der Waals surface area contributed by atoms with E-state index in [1.54, 1.807) is 6.07 Å². The van der Waals surface area contributed by atoms with Crippen LogP contribution in [0.5, 0.6) is 0 Å². The van der Waals surface area contributed by atoms with Crippen molar-refractivity contribution < 1.29 is 26.8 Å². The van der Waals surface area contributed by atoms with Crippen LogP contribution in [0.15, 0.2) is 28.8 Å². The molecule has 2 unspecified atom stereocenters. The van der Waals surface area contributed by atoms with Crippen molar-refractivity contribution in [3.8, 4) is 11.3 Å². The van der Waals surface area contributed by atoms with Gasteiger partial charge >= 0.3 is 0 Å². The molecule has 4 rings (SSSR count). The molecule has 2 heterocycles. The van der Waals surface area contributed by atoms with E-state index in [0.29, 0.717) is 43.3 Å². The zero-order valence-corrected chi connectivity index (χ0v) is 13.2. The average molecular weight is 356 g/mol. The van der Waals surface area contributed by atoms with Crippen LogP contribution in [0.2, 0.25) is 0 Å². The maximum atomic E-state index is 13.2.